The first-order valence-corrected chi connectivity index (χ1v) is 11.3. The zero-order chi connectivity index (χ0) is 22.4. The number of nitrogens with zero attached hydrogens (tertiary/aromatic N) is 4. The van der Waals surface area contributed by atoms with Gasteiger partial charge < -0.3 is 19.9 Å². The Hall–Kier alpha value is -2.21. The van der Waals surface area contributed by atoms with Gasteiger partial charge >= 0.3 is 5.97 Å². The molecule has 1 unspecified atom stereocenters. The second-order valence-electron chi connectivity index (χ2n) is 7.21. The smallest absolute Gasteiger partial charge is 0.350 e. The molecule has 1 aromatic carbocycles. The van der Waals surface area contributed by atoms with Crippen LogP contribution in [0.2, 0.25) is 0 Å². The van der Waals surface area contributed by atoms with E-state index in [4.69, 9.17) is 4.74 Å². The molecule has 1 atom stereocenters. The molecule has 174 valence electrons. The monoisotopic (exact) mass is 570 g/mol. The normalized spacial score (nSPS) is 12.3. The number of hydrogen-bond acceptors (Lipinski definition) is 6. The molecule has 3 rings (SSSR count). The summed E-state index contributed by atoms with van der Waals surface area (Å²) in [7, 11) is 1.74. The Balaban J connectivity index is 0.00000363. The van der Waals surface area contributed by atoms with Gasteiger partial charge in [-0.2, -0.15) is 0 Å². The lowest BCUT2D eigenvalue weighted by molar-refractivity contribution is 0.0531. The van der Waals surface area contributed by atoms with Gasteiger partial charge in [-0.15, -0.1) is 35.3 Å². The van der Waals surface area contributed by atoms with Crippen LogP contribution in [0.3, 0.4) is 0 Å². The topological polar surface area (TPSA) is 93.4 Å². The molecule has 2 heterocycles. The third-order valence-electron chi connectivity index (χ3n) is 4.92. The quantitative estimate of drug-likeness (QED) is 0.139. The first kappa shape index (κ1) is 26.0. The maximum absolute atomic E-state index is 12.0. The number of imidazole rings is 1. The molecular formula is C22H31IN6O2S. The van der Waals surface area contributed by atoms with E-state index in [2.05, 4.69) is 36.2 Å². The number of esters is 1. The van der Waals surface area contributed by atoms with Gasteiger partial charge in [-0.05, 0) is 46.2 Å². The van der Waals surface area contributed by atoms with Crippen molar-refractivity contribution < 1.29 is 9.53 Å². The summed E-state index contributed by atoms with van der Waals surface area (Å²) in [6.07, 6.45) is 0.930. The first-order valence-electron chi connectivity index (χ1n) is 10.5. The molecule has 0 bridgehead atoms. The third kappa shape index (κ3) is 6.18. The molecule has 0 saturated carbocycles. The highest BCUT2D eigenvalue weighted by atomic mass is 127. The number of aromatic nitrogens is 3. The SMILES string of the molecule is CCOC(=O)c1sc(C(C)NC(=NC)NCCCn2c(C)nc3ccccc32)nc1C.I. The van der Waals surface area contributed by atoms with Gasteiger partial charge in [0, 0.05) is 20.1 Å². The summed E-state index contributed by atoms with van der Waals surface area (Å²) in [6.45, 7) is 9.66. The number of benzene rings is 1. The van der Waals surface area contributed by atoms with Crippen LogP contribution in [0.1, 0.15) is 52.5 Å². The summed E-state index contributed by atoms with van der Waals surface area (Å²) in [5.41, 5.74) is 2.88. The number of fused-ring (bicyclic) bond motifs is 1. The van der Waals surface area contributed by atoms with Gasteiger partial charge in [0.1, 0.15) is 15.7 Å². The minimum absolute atomic E-state index is 0. The zero-order valence-electron chi connectivity index (χ0n) is 19.1. The van der Waals surface area contributed by atoms with Crippen LogP contribution >= 0.6 is 35.3 Å². The number of carbonyl (C=O) groups excluding carboxylic acids is 1. The average molecular weight is 571 g/mol. The maximum atomic E-state index is 12.0. The fourth-order valence-electron chi connectivity index (χ4n) is 3.37. The summed E-state index contributed by atoms with van der Waals surface area (Å²) in [5.74, 6) is 1.40. The minimum atomic E-state index is -0.319. The number of ether oxygens (including phenoxy) is 1. The predicted octanol–water partition coefficient (Wildman–Crippen LogP) is 4.22. The molecule has 0 aliphatic heterocycles. The lowest BCUT2D eigenvalue weighted by Crippen LogP contribution is -2.39. The van der Waals surface area contributed by atoms with E-state index >= 15 is 0 Å². The lowest BCUT2D eigenvalue weighted by atomic mass is 10.3. The second kappa shape index (κ2) is 12.1. The second-order valence-corrected chi connectivity index (χ2v) is 8.24. The van der Waals surface area contributed by atoms with Gasteiger partial charge in [-0.1, -0.05) is 12.1 Å². The highest BCUT2D eigenvalue weighted by Crippen LogP contribution is 2.24. The molecule has 0 spiro atoms. The first-order chi connectivity index (χ1) is 14.9. The average Bonchev–Trinajstić information content (AvgIpc) is 3.30. The van der Waals surface area contributed by atoms with Gasteiger partial charge in [0.2, 0.25) is 0 Å². The van der Waals surface area contributed by atoms with E-state index in [1.54, 1.807) is 14.0 Å². The van der Waals surface area contributed by atoms with Gasteiger partial charge in [-0.25, -0.2) is 14.8 Å². The van der Waals surface area contributed by atoms with Crippen LogP contribution in [-0.2, 0) is 11.3 Å². The van der Waals surface area contributed by atoms with E-state index in [-0.39, 0.29) is 36.0 Å². The Bertz CT molecular complexity index is 1080. The summed E-state index contributed by atoms with van der Waals surface area (Å²) in [4.78, 5) is 26.1. The summed E-state index contributed by atoms with van der Waals surface area (Å²) in [5, 5.41) is 7.52. The number of guanidine groups is 1. The van der Waals surface area contributed by atoms with Crippen molar-refractivity contribution in [3.05, 3.63) is 45.7 Å². The number of aliphatic imine (C=N–C) groups is 1. The molecule has 0 radical (unpaired) electrons. The van der Waals surface area contributed by atoms with Crippen molar-refractivity contribution in [1.82, 2.24) is 25.2 Å². The number of aryl methyl sites for hydroxylation is 3. The number of carbonyl (C=O) groups is 1. The number of hydrogen-bond donors (Lipinski definition) is 2. The van der Waals surface area contributed by atoms with E-state index in [0.29, 0.717) is 23.1 Å². The van der Waals surface area contributed by atoms with E-state index in [1.165, 1.54) is 11.3 Å². The molecule has 32 heavy (non-hydrogen) atoms. The van der Waals surface area contributed by atoms with Crippen molar-refractivity contribution in [2.75, 3.05) is 20.2 Å². The van der Waals surface area contributed by atoms with E-state index in [1.807, 2.05) is 39.0 Å². The van der Waals surface area contributed by atoms with Crippen LogP contribution in [-0.4, -0.2) is 46.7 Å². The van der Waals surface area contributed by atoms with Crippen LogP contribution in [0, 0.1) is 13.8 Å². The van der Waals surface area contributed by atoms with Crippen LogP contribution < -0.4 is 10.6 Å². The van der Waals surface area contributed by atoms with Crippen molar-refractivity contribution in [1.29, 1.82) is 0 Å². The number of rotatable bonds is 8. The number of halogens is 1. The summed E-state index contributed by atoms with van der Waals surface area (Å²) in [6, 6.07) is 8.11. The molecule has 0 aliphatic carbocycles. The Labute approximate surface area is 209 Å². The Morgan fingerprint density at radius 3 is 2.75 bits per heavy atom. The molecule has 0 aliphatic rings. The zero-order valence-corrected chi connectivity index (χ0v) is 22.3. The van der Waals surface area contributed by atoms with Crippen molar-refractivity contribution in [3.8, 4) is 0 Å². The number of nitrogens with one attached hydrogen (secondary N) is 2. The van der Waals surface area contributed by atoms with Gasteiger partial charge in [0.25, 0.3) is 0 Å². The van der Waals surface area contributed by atoms with Crippen LogP contribution in [0.4, 0.5) is 0 Å². The molecule has 2 aromatic heterocycles. The molecule has 2 N–H and O–H groups in total. The van der Waals surface area contributed by atoms with Crippen LogP contribution in [0.15, 0.2) is 29.3 Å². The van der Waals surface area contributed by atoms with Crippen molar-refractivity contribution in [2.24, 2.45) is 4.99 Å². The van der Waals surface area contributed by atoms with Gasteiger partial charge in [0.05, 0.1) is 29.4 Å². The predicted molar refractivity (Wildman–Crippen MR) is 140 cm³/mol. The van der Waals surface area contributed by atoms with Crippen LogP contribution in [0.25, 0.3) is 11.0 Å². The Kier molecular flexibility index (Phi) is 9.88. The van der Waals surface area contributed by atoms with E-state index in [9.17, 15) is 4.79 Å². The minimum Gasteiger partial charge on any atom is -0.462 e. The largest absolute Gasteiger partial charge is 0.462 e. The molecular weight excluding hydrogens is 539 g/mol. The highest BCUT2D eigenvalue weighted by molar-refractivity contribution is 14.0. The van der Waals surface area contributed by atoms with Crippen LogP contribution in [0.5, 0.6) is 0 Å². The number of para-hydroxylation sites is 2. The fraction of sp³-hybridized carbons (Fsp3) is 0.455. The lowest BCUT2D eigenvalue weighted by Gasteiger charge is -2.16. The van der Waals surface area contributed by atoms with Crippen molar-refractivity contribution in [2.45, 2.75) is 46.7 Å². The van der Waals surface area contributed by atoms with Gasteiger partial charge in [-0.3, -0.25) is 4.99 Å². The van der Waals surface area contributed by atoms with Crippen molar-refractivity contribution in [3.63, 3.8) is 0 Å². The van der Waals surface area contributed by atoms with Crippen molar-refractivity contribution >= 4 is 58.3 Å². The molecule has 0 amide bonds. The Morgan fingerprint density at radius 2 is 2.03 bits per heavy atom. The molecule has 0 fully saturated rings. The van der Waals surface area contributed by atoms with E-state index < -0.39 is 0 Å². The summed E-state index contributed by atoms with van der Waals surface area (Å²) < 4.78 is 7.35. The van der Waals surface area contributed by atoms with E-state index in [0.717, 1.165) is 41.4 Å². The molecule has 10 heteroatoms. The molecule has 3 aromatic rings. The van der Waals surface area contributed by atoms with Gasteiger partial charge in [0.15, 0.2) is 5.96 Å². The third-order valence-corrected chi connectivity index (χ3v) is 6.24. The standard InChI is InChI=1S/C22H30N6O2S.HI/c1-6-30-21(29)19-14(2)25-20(31-19)15(3)26-22(23-5)24-12-9-13-28-16(4)27-17-10-7-8-11-18(17)28;/h7-8,10-11,15H,6,9,12-13H2,1-5H3,(H2,23,24,26);1H. The highest BCUT2D eigenvalue weighted by Gasteiger charge is 2.20. The molecule has 8 nitrogen and oxygen atoms in total. The number of thiazole rings is 1. The Morgan fingerprint density at radius 1 is 1.28 bits per heavy atom. The molecule has 0 saturated heterocycles. The fourth-order valence-corrected chi connectivity index (χ4v) is 4.34. The maximum Gasteiger partial charge on any atom is 0.350 e. The summed E-state index contributed by atoms with van der Waals surface area (Å²) >= 11 is 1.36.